The third kappa shape index (κ3) is 8.48. The first-order valence-corrected chi connectivity index (χ1v) is 11.7. The predicted octanol–water partition coefficient (Wildman–Crippen LogP) is -1.10. The van der Waals surface area contributed by atoms with Crippen molar-refractivity contribution in [2.75, 3.05) is 6.61 Å². The molecule has 0 aromatic heterocycles. The van der Waals surface area contributed by atoms with E-state index in [1.165, 1.54) is 13.8 Å². The molecule has 0 aliphatic carbocycles. The Hall–Kier alpha value is -1.61. The molecule has 35 heavy (non-hydrogen) atoms. The summed E-state index contributed by atoms with van der Waals surface area (Å²) < 4.78 is 34.0. The average Bonchev–Trinajstić information content (AvgIpc) is 2.79. The van der Waals surface area contributed by atoms with Gasteiger partial charge in [0.15, 0.2) is 5.78 Å². The Morgan fingerprint density at radius 1 is 1.09 bits per heavy atom. The standard InChI is InChI=1S/C22H38F2N2O9/c1-12(28)8-9-15(29)13(2)26-20(33)14(25)7-5-3-4-6-10-21(23,24)22(34)19(32)18(31)17(30)16(11-27)35-22/h13-14,16-19,27,30-32,34H,3-11,25H2,1-2H3,(H,26,33)/t13-,14-,16+,17-,18-,19+,22?/m0/s1. The molecule has 1 aliphatic rings. The summed E-state index contributed by atoms with van der Waals surface area (Å²) in [6.07, 6.45) is -7.73. The van der Waals surface area contributed by atoms with Crippen molar-refractivity contribution in [3.63, 3.8) is 0 Å². The van der Waals surface area contributed by atoms with Crippen LogP contribution >= 0.6 is 0 Å². The Labute approximate surface area is 202 Å². The van der Waals surface area contributed by atoms with Gasteiger partial charge in [0.25, 0.3) is 5.79 Å². The summed E-state index contributed by atoms with van der Waals surface area (Å²) in [7, 11) is 0. The van der Waals surface area contributed by atoms with Crippen LogP contribution in [0, 0.1) is 0 Å². The average molecular weight is 513 g/mol. The van der Waals surface area contributed by atoms with Gasteiger partial charge in [-0.05, 0) is 26.7 Å². The lowest BCUT2D eigenvalue weighted by Gasteiger charge is -2.48. The number of ether oxygens (including phenoxy) is 1. The fraction of sp³-hybridized carbons (Fsp3) is 0.864. The molecule has 1 aliphatic heterocycles. The summed E-state index contributed by atoms with van der Waals surface area (Å²) in [5.74, 6) is -8.44. The molecule has 0 aromatic carbocycles. The lowest BCUT2D eigenvalue weighted by molar-refractivity contribution is -0.412. The number of alkyl halides is 2. The quantitative estimate of drug-likeness (QED) is 0.132. The molecule has 0 aromatic rings. The van der Waals surface area contributed by atoms with E-state index in [1.807, 2.05) is 0 Å². The topological polar surface area (TPSA) is 200 Å². The molecule has 1 unspecified atom stereocenters. The molecule has 1 saturated heterocycles. The lowest BCUT2D eigenvalue weighted by Crippen LogP contribution is -2.71. The molecule has 7 atom stereocenters. The highest BCUT2D eigenvalue weighted by atomic mass is 19.3. The van der Waals surface area contributed by atoms with Gasteiger partial charge in [-0.15, -0.1) is 0 Å². The summed E-state index contributed by atoms with van der Waals surface area (Å²) >= 11 is 0. The minimum absolute atomic E-state index is 0.0219. The second-order valence-electron chi connectivity index (χ2n) is 9.12. The number of hydrogen-bond donors (Lipinski definition) is 7. The Balaban J connectivity index is 2.41. The van der Waals surface area contributed by atoms with Crippen molar-refractivity contribution < 1.29 is 53.4 Å². The van der Waals surface area contributed by atoms with Crippen molar-refractivity contribution in [1.29, 1.82) is 0 Å². The molecule has 0 bridgehead atoms. The van der Waals surface area contributed by atoms with Crippen molar-refractivity contribution in [3.8, 4) is 0 Å². The van der Waals surface area contributed by atoms with Gasteiger partial charge < -0.3 is 46.1 Å². The van der Waals surface area contributed by atoms with Gasteiger partial charge in [0.1, 0.15) is 30.2 Å². The highest BCUT2D eigenvalue weighted by molar-refractivity contribution is 5.92. The van der Waals surface area contributed by atoms with Crippen molar-refractivity contribution in [1.82, 2.24) is 5.32 Å². The minimum Gasteiger partial charge on any atom is -0.394 e. The third-order valence-corrected chi connectivity index (χ3v) is 6.15. The minimum atomic E-state index is -4.00. The molecule has 11 nitrogen and oxygen atoms in total. The number of Topliss-reactive ketones (excluding diaryl/α,β-unsaturated/α-hetero) is 2. The maximum Gasteiger partial charge on any atom is 0.303 e. The number of amides is 1. The van der Waals surface area contributed by atoms with Crippen LogP contribution < -0.4 is 11.1 Å². The monoisotopic (exact) mass is 512 g/mol. The molecule has 1 fully saturated rings. The number of aliphatic hydroxyl groups is 5. The van der Waals surface area contributed by atoms with E-state index in [4.69, 9.17) is 10.8 Å². The van der Waals surface area contributed by atoms with Gasteiger partial charge in [0.2, 0.25) is 5.91 Å². The van der Waals surface area contributed by atoms with Crippen LogP contribution in [-0.4, -0.2) is 97.8 Å². The second-order valence-corrected chi connectivity index (χ2v) is 9.12. The van der Waals surface area contributed by atoms with Gasteiger partial charge in [-0.3, -0.25) is 9.59 Å². The number of carbonyl (C=O) groups excluding carboxylic acids is 3. The van der Waals surface area contributed by atoms with E-state index >= 15 is 0 Å². The summed E-state index contributed by atoms with van der Waals surface area (Å²) in [6.45, 7) is 1.91. The summed E-state index contributed by atoms with van der Waals surface area (Å²) in [4.78, 5) is 35.0. The van der Waals surface area contributed by atoms with Crippen LogP contribution in [0.5, 0.6) is 0 Å². The molecule has 1 heterocycles. The molecular weight excluding hydrogens is 474 g/mol. The Morgan fingerprint density at radius 3 is 2.26 bits per heavy atom. The fourth-order valence-electron chi connectivity index (χ4n) is 3.75. The maximum absolute atomic E-state index is 14.7. The second kappa shape index (κ2) is 13.6. The number of unbranched alkanes of at least 4 members (excludes halogenated alkanes) is 3. The Morgan fingerprint density at radius 2 is 1.69 bits per heavy atom. The third-order valence-electron chi connectivity index (χ3n) is 6.15. The van der Waals surface area contributed by atoms with Crippen molar-refractivity contribution in [3.05, 3.63) is 0 Å². The number of ketones is 2. The summed E-state index contributed by atoms with van der Waals surface area (Å²) in [5, 5.41) is 51.2. The maximum atomic E-state index is 14.7. The molecule has 204 valence electrons. The predicted molar refractivity (Wildman–Crippen MR) is 118 cm³/mol. The van der Waals surface area contributed by atoms with Gasteiger partial charge >= 0.3 is 5.92 Å². The van der Waals surface area contributed by atoms with E-state index < -0.39 is 67.1 Å². The highest BCUT2D eigenvalue weighted by Crippen LogP contribution is 2.42. The molecular formula is C22H38F2N2O9. The van der Waals surface area contributed by atoms with Crippen molar-refractivity contribution in [2.45, 2.75) is 113 Å². The van der Waals surface area contributed by atoms with E-state index in [0.717, 1.165) is 0 Å². The van der Waals surface area contributed by atoms with Crippen LogP contribution in [0.4, 0.5) is 8.78 Å². The SMILES string of the molecule is CC(=O)CCC(=O)[C@H](C)NC(=O)[C@@H](N)CCCCCCC(F)(F)C1(O)O[C@H](CO)[C@H](O)[C@H](O)[C@H]1O. The molecule has 0 radical (unpaired) electrons. The lowest BCUT2D eigenvalue weighted by atomic mass is 9.87. The van der Waals surface area contributed by atoms with E-state index in [-0.39, 0.29) is 43.7 Å². The first-order chi connectivity index (χ1) is 16.2. The molecule has 0 saturated carbocycles. The van der Waals surface area contributed by atoms with E-state index in [0.29, 0.717) is 12.8 Å². The van der Waals surface area contributed by atoms with Crippen LogP contribution in [0.25, 0.3) is 0 Å². The normalized spacial score (nSPS) is 28.9. The summed E-state index contributed by atoms with van der Waals surface area (Å²) in [5.41, 5.74) is 5.81. The molecule has 13 heteroatoms. The number of aliphatic hydroxyl groups excluding tert-OH is 4. The number of carbonyl (C=O) groups is 3. The number of halogens is 2. The molecule has 1 rings (SSSR count). The van der Waals surface area contributed by atoms with Crippen LogP contribution in [0.3, 0.4) is 0 Å². The molecule has 0 spiro atoms. The van der Waals surface area contributed by atoms with Crippen LogP contribution in [0.1, 0.15) is 65.2 Å². The van der Waals surface area contributed by atoms with Crippen LogP contribution in [-0.2, 0) is 19.1 Å². The Bertz CT molecular complexity index is 725. The van der Waals surface area contributed by atoms with E-state index in [2.05, 4.69) is 10.1 Å². The van der Waals surface area contributed by atoms with Gasteiger partial charge in [-0.25, -0.2) is 8.78 Å². The zero-order valence-corrected chi connectivity index (χ0v) is 20.0. The number of nitrogens with one attached hydrogen (secondary N) is 1. The van der Waals surface area contributed by atoms with Crippen molar-refractivity contribution >= 4 is 17.5 Å². The van der Waals surface area contributed by atoms with Crippen LogP contribution in [0.15, 0.2) is 0 Å². The van der Waals surface area contributed by atoms with Gasteiger partial charge in [-0.2, -0.15) is 0 Å². The Kier molecular flexibility index (Phi) is 12.2. The highest BCUT2D eigenvalue weighted by Gasteiger charge is 2.65. The first kappa shape index (κ1) is 31.4. The number of nitrogens with two attached hydrogens (primary N) is 1. The molecule has 8 N–H and O–H groups in total. The van der Waals surface area contributed by atoms with E-state index in [9.17, 15) is 43.6 Å². The van der Waals surface area contributed by atoms with Gasteiger partial charge in [-0.1, -0.05) is 19.3 Å². The first-order valence-electron chi connectivity index (χ1n) is 11.7. The summed E-state index contributed by atoms with van der Waals surface area (Å²) in [6, 6.07) is -1.70. The van der Waals surface area contributed by atoms with Gasteiger partial charge in [0.05, 0.1) is 18.7 Å². The van der Waals surface area contributed by atoms with E-state index in [1.54, 1.807) is 0 Å². The zero-order valence-electron chi connectivity index (χ0n) is 20.0. The smallest absolute Gasteiger partial charge is 0.303 e. The van der Waals surface area contributed by atoms with Crippen LogP contribution in [0.2, 0.25) is 0 Å². The zero-order chi connectivity index (χ0) is 27.0. The van der Waals surface area contributed by atoms with Gasteiger partial charge in [0, 0.05) is 19.3 Å². The molecule has 1 amide bonds. The van der Waals surface area contributed by atoms with Crippen molar-refractivity contribution in [2.24, 2.45) is 5.73 Å². The number of hydrogen-bond acceptors (Lipinski definition) is 10. The fourth-order valence-corrected chi connectivity index (χ4v) is 3.75. The number of rotatable bonds is 15. The largest absolute Gasteiger partial charge is 0.394 e.